The Morgan fingerprint density at radius 2 is 2.00 bits per heavy atom. The third kappa shape index (κ3) is 1.02. The second-order valence-electron chi connectivity index (χ2n) is 1.40. The van der Waals surface area contributed by atoms with E-state index in [1.54, 1.807) is 24.5 Å². The third-order valence-electron chi connectivity index (χ3n) is 0.842. The molecule has 0 aliphatic rings. The molecule has 0 unspecified atom stereocenters. The van der Waals surface area contributed by atoms with Gasteiger partial charge in [0.05, 0.1) is 0 Å². The van der Waals surface area contributed by atoms with Crippen molar-refractivity contribution in [2.75, 3.05) is 0 Å². The Bertz CT molecular complexity index is 152. The highest BCUT2D eigenvalue weighted by Crippen LogP contribution is 1.91. The summed E-state index contributed by atoms with van der Waals surface area (Å²) in [6, 6.07) is 3.32. The zero-order chi connectivity index (χ0) is 5.82. The lowest BCUT2D eigenvalue weighted by molar-refractivity contribution is -0.497. The molecule has 0 spiro atoms. The molecule has 1 rings (SSSR count). The molecular formula is C5H6N2O. The number of hydrogen-bond acceptors (Lipinski definition) is 2. The van der Waals surface area contributed by atoms with E-state index in [9.17, 15) is 5.21 Å². The summed E-state index contributed by atoms with van der Waals surface area (Å²) >= 11 is 0. The average Bonchev–Trinajstić information content (AvgIpc) is 1.90. The molecule has 3 nitrogen and oxygen atoms in total. The van der Waals surface area contributed by atoms with Gasteiger partial charge in [0.1, 0.15) is 5.69 Å². The van der Waals surface area contributed by atoms with Crippen molar-refractivity contribution >= 4 is 5.69 Å². The summed E-state index contributed by atoms with van der Waals surface area (Å²) in [5.41, 5.74) is 1.46. The minimum absolute atomic E-state index is 0.667. The van der Waals surface area contributed by atoms with Gasteiger partial charge in [0, 0.05) is 24.5 Å². The molecule has 0 saturated heterocycles. The largest absolute Gasteiger partial charge is 0.630 e. The van der Waals surface area contributed by atoms with Crippen LogP contribution in [0.15, 0.2) is 24.5 Å². The molecule has 0 amide bonds. The highest BCUT2D eigenvalue weighted by atomic mass is 16.5. The van der Waals surface area contributed by atoms with Gasteiger partial charge in [-0.3, -0.25) is 4.98 Å². The van der Waals surface area contributed by atoms with Crippen LogP contribution in [0.25, 0.3) is 0 Å². The first kappa shape index (κ1) is 5.21. The first-order valence-corrected chi connectivity index (χ1v) is 2.28. The summed E-state index contributed by atoms with van der Waals surface area (Å²) < 4.78 is 0. The number of quaternary nitrogens is 1. The predicted molar refractivity (Wildman–Crippen MR) is 29.2 cm³/mol. The van der Waals surface area contributed by atoms with E-state index in [1.807, 2.05) is 0 Å². The van der Waals surface area contributed by atoms with Crippen LogP contribution in [0.2, 0.25) is 0 Å². The van der Waals surface area contributed by atoms with Crippen LogP contribution >= 0.6 is 0 Å². The fourth-order valence-corrected chi connectivity index (χ4v) is 0.442. The molecule has 1 aromatic heterocycles. The molecule has 0 aliphatic heterocycles. The number of hydrogen-bond donors (Lipinski definition) is 1. The molecule has 0 aromatic carbocycles. The second-order valence-corrected chi connectivity index (χ2v) is 1.40. The Kier molecular flexibility index (Phi) is 1.56. The number of nitrogens with zero attached hydrogens (tertiary/aromatic N) is 1. The van der Waals surface area contributed by atoms with Gasteiger partial charge in [-0.1, -0.05) is 0 Å². The van der Waals surface area contributed by atoms with Gasteiger partial charge in [0.15, 0.2) is 0 Å². The first-order chi connectivity index (χ1) is 3.93. The lowest BCUT2D eigenvalue weighted by Gasteiger charge is -1.96. The topological polar surface area (TPSA) is 52.6 Å². The van der Waals surface area contributed by atoms with Gasteiger partial charge in [-0.2, -0.15) is 0 Å². The third-order valence-corrected chi connectivity index (χ3v) is 0.842. The van der Waals surface area contributed by atoms with E-state index in [0.717, 1.165) is 5.48 Å². The van der Waals surface area contributed by atoms with Gasteiger partial charge >= 0.3 is 0 Å². The SMILES string of the molecule is [O-][NH2+]c1ccncc1. The summed E-state index contributed by atoms with van der Waals surface area (Å²) in [6.07, 6.45) is 3.17. The highest BCUT2D eigenvalue weighted by molar-refractivity contribution is 5.23. The predicted octanol–water partition coefficient (Wildman–Crippen LogP) is -0.226. The van der Waals surface area contributed by atoms with Crippen LogP contribution in [0.4, 0.5) is 5.69 Å². The van der Waals surface area contributed by atoms with Crippen LogP contribution in [-0.2, 0) is 0 Å². The smallest absolute Gasteiger partial charge is 0.132 e. The lowest BCUT2D eigenvalue weighted by Crippen LogP contribution is -2.70. The van der Waals surface area contributed by atoms with Crippen molar-refractivity contribution in [3.05, 3.63) is 29.7 Å². The average molecular weight is 110 g/mol. The molecule has 0 radical (unpaired) electrons. The van der Waals surface area contributed by atoms with Gasteiger partial charge in [-0.05, 0) is 0 Å². The van der Waals surface area contributed by atoms with Crippen molar-refractivity contribution in [3.8, 4) is 0 Å². The van der Waals surface area contributed by atoms with E-state index in [1.165, 1.54) is 0 Å². The van der Waals surface area contributed by atoms with E-state index in [4.69, 9.17) is 0 Å². The summed E-state index contributed by atoms with van der Waals surface area (Å²) in [7, 11) is 0. The van der Waals surface area contributed by atoms with Gasteiger partial charge < -0.3 is 10.7 Å². The number of nitrogens with two attached hydrogens (primary N) is 1. The molecule has 0 atom stereocenters. The minimum Gasteiger partial charge on any atom is -0.630 e. The second kappa shape index (κ2) is 2.40. The van der Waals surface area contributed by atoms with E-state index in [-0.39, 0.29) is 0 Å². The lowest BCUT2D eigenvalue weighted by atomic mass is 10.4. The molecule has 8 heavy (non-hydrogen) atoms. The monoisotopic (exact) mass is 110 g/mol. The maximum Gasteiger partial charge on any atom is 0.132 e. The van der Waals surface area contributed by atoms with Gasteiger partial charge in [-0.15, -0.1) is 0 Å². The Morgan fingerprint density at radius 3 is 2.38 bits per heavy atom. The standard InChI is InChI=1S/C5H6N2O/c8-7-5-1-3-6-4-2-5/h1-4H,7H2. The normalized spacial score (nSPS) is 9.12. The Labute approximate surface area is 46.9 Å². The van der Waals surface area contributed by atoms with Crippen LogP contribution in [0.5, 0.6) is 0 Å². The van der Waals surface area contributed by atoms with Crippen molar-refractivity contribution in [1.82, 2.24) is 4.98 Å². The zero-order valence-corrected chi connectivity index (χ0v) is 4.24. The molecule has 1 aromatic rings. The fourth-order valence-electron chi connectivity index (χ4n) is 0.442. The maximum absolute atomic E-state index is 9.98. The molecule has 0 saturated carbocycles. The van der Waals surface area contributed by atoms with Crippen LogP contribution < -0.4 is 5.48 Å². The van der Waals surface area contributed by atoms with Gasteiger partial charge in [-0.25, -0.2) is 0 Å². The molecule has 0 fully saturated rings. The van der Waals surface area contributed by atoms with E-state index < -0.39 is 0 Å². The van der Waals surface area contributed by atoms with E-state index >= 15 is 0 Å². The van der Waals surface area contributed by atoms with Crippen LogP contribution in [0.3, 0.4) is 0 Å². The molecule has 42 valence electrons. The quantitative estimate of drug-likeness (QED) is 0.508. The summed E-state index contributed by atoms with van der Waals surface area (Å²) in [6.45, 7) is 0. The molecule has 3 heteroatoms. The minimum atomic E-state index is 0.667. The Hall–Kier alpha value is -0.930. The number of pyridine rings is 1. The highest BCUT2D eigenvalue weighted by Gasteiger charge is 1.81. The zero-order valence-electron chi connectivity index (χ0n) is 4.24. The van der Waals surface area contributed by atoms with E-state index in [2.05, 4.69) is 4.98 Å². The first-order valence-electron chi connectivity index (χ1n) is 2.28. The van der Waals surface area contributed by atoms with Crippen molar-refractivity contribution in [2.24, 2.45) is 0 Å². The maximum atomic E-state index is 9.98. The van der Waals surface area contributed by atoms with Crippen molar-refractivity contribution in [3.63, 3.8) is 0 Å². The van der Waals surface area contributed by atoms with Crippen molar-refractivity contribution in [1.29, 1.82) is 0 Å². The van der Waals surface area contributed by atoms with Crippen molar-refractivity contribution in [2.45, 2.75) is 0 Å². The van der Waals surface area contributed by atoms with Crippen LogP contribution in [0.1, 0.15) is 0 Å². The molecule has 1 heterocycles. The summed E-state index contributed by atoms with van der Waals surface area (Å²) in [5, 5.41) is 9.98. The van der Waals surface area contributed by atoms with Gasteiger partial charge in [0.25, 0.3) is 0 Å². The Balaban J connectivity index is 2.83. The molecule has 0 aliphatic carbocycles. The van der Waals surface area contributed by atoms with Crippen LogP contribution in [-0.4, -0.2) is 4.98 Å². The summed E-state index contributed by atoms with van der Waals surface area (Å²) in [4.78, 5) is 3.73. The van der Waals surface area contributed by atoms with E-state index in [0.29, 0.717) is 5.69 Å². The molecular weight excluding hydrogens is 104 g/mol. The number of aromatic nitrogens is 1. The van der Waals surface area contributed by atoms with Crippen molar-refractivity contribution < 1.29 is 5.48 Å². The Morgan fingerprint density at radius 1 is 1.38 bits per heavy atom. The molecule has 2 N–H and O–H groups in total. The number of rotatable bonds is 1. The summed E-state index contributed by atoms with van der Waals surface area (Å²) in [5.74, 6) is 0. The van der Waals surface area contributed by atoms with Crippen LogP contribution in [0, 0.1) is 5.21 Å². The van der Waals surface area contributed by atoms with Gasteiger partial charge in [0.2, 0.25) is 0 Å². The fraction of sp³-hybridized carbons (Fsp3) is 0. The molecule has 0 bridgehead atoms.